The van der Waals surface area contributed by atoms with E-state index in [9.17, 15) is 13.2 Å². The molecule has 1 aromatic carbocycles. The number of hydrogen-bond acceptors (Lipinski definition) is 4. The predicted molar refractivity (Wildman–Crippen MR) is 88.9 cm³/mol. The van der Waals surface area contributed by atoms with Crippen molar-refractivity contribution in [2.45, 2.75) is 33.2 Å². The molecule has 1 aliphatic heterocycles. The lowest BCUT2D eigenvalue weighted by atomic mass is 10.1. The van der Waals surface area contributed by atoms with Crippen LogP contribution >= 0.6 is 0 Å². The van der Waals surface area contributed by atoms with Crippen LogP contribution in [0, 0.1) is 13.8 Å². The Kier molecular flexibility index (Phi) is 5.24. The van der Waals surface area contributed by atoms with E-state index >= 15 is 0 Å². The fraction of sp³-hybridized carbons (Fsp3) is 0.562. The normalized spacial score (nSPS) is 20.3. The lowest BCUT2D eigenvalue weighted by Crippen LogP contribution is -2.41. The largest absolute Gasteiger partial charge is 0.325 e. The van der Waals surface area contributed by atoms with Crippen molar-refractivity contribution in [2.24, 2.45) is 0 Å². The van der Waals surface area contributed by atoms with Crippen LogP contribution in [0.1, 0.15) is 24.5 Å². The maximum absolute atomic E-state index is 12.2. The van der Waals surface area contributed by atoms with E-state index in [1.54, 1.807) is 0 Å². The Morgan fingerprint density at radius 2 is 2.09 bits per heavy atom. The minimum absolute atomic E-state index is 0.0418. The minimum Gasteiger partial charge on any atom is -0.325 e. The number of rotatable bonds is 5. The molecule has 1 amide bonds. The Hall–Kier alpha value is -1.40. The van der Waals surface area contributed by atoms with E-state index in [0.717, 1.165) is 16.8 Å². The number of amides is 1. The second-order valence-electron chi connectivity index (χ2n) is 5.99. The number of benzene rings is 1. The molecule has 2 rings (SSSR count). The molecule has 6 heteroatoms. The molecule has 1 saturated heterocycles. The van der Waals surface area contributed by atoms with E-state index in [0.29, 0.717) is 13.0 Å². The smallest absolute Gasteiger partial charge is 0.238 e. The van der Waals surface area contributed by atoms with E-state index in [4.69, 9.17) is 0 Å². The van der Waals surface area contributed by atoms with Gasteiger partial charge in [-0.05, 0) is 38.4 Å². The first-order valence-electron chi connectivity index (χ1n) is 7.62. The summed E-state index contributed by atoms with van der Waals surface area (Å²) in [5.74, 6) is 0.294. The molecule has 0 bridgehead atoms. The van der Waals surface area contributed by atoms with Crippen molar-refractivity contribution in [3.63, 3.8) is 0 Å². The molecule has 1 N–H and O–H groups in total. The number of hydrogen-bond donors (Lipinski definition) is 1. The summed E-state index contributed by atoms with van der Waals surface area (Å²) in [5.41, 5.74) is 2.99. The van der Waals surface area contributed by atoms with E-state index in [2.05, 4.69) is 5.32 Å². The Labute approximate surface area is 132 Å². The summed E-state index contributed by atoms with van der Waals surface area (Å²) < 4.78 is 23.2. The van der Waals surface area contributed by atoms with Gasteiger partial charge in [-0.15, -0.1) is 0 Å². The second kappa shape index (κ2) is 6.79. The van der Waals surface area contributed by atoms with Gasteiger partial charge in [0.25, 0.3) is 0 Å². The number of nitrogens with zero attached hydrogens (tertiary/aromatic N) is 1. The van der Waals surface area contributed by atoms with E-state index in [1.807, 2.05) is 43.9 Å². The lowest BCUT2D eigenvalue weighted by molar-refractivity contribution is -0.117. The first-order valence-corrected chi connectivity index (χ1v) is 9.44. The van der Waals surface area contributed by atoms with Gasteiger partial charge in [0.1, 0.15) is 0 Å². The molecule has 0 saturated carbocycles. The number of likely N-dealkylation sites (N-methyl/N-ethyl adjacent to an activating group) is 1. The van der Waals surface area contributed by atoms with Crippen molar-refractivity contribution in [1.82, 2.24) is 4.90 Å². The predicted octanol–water partition coefficient (Wildman–Crippen LogP) is 1.75. The van der Waals surface area contributed by atoms with Crippen molar-refractivity contribution < 1.29 is 13.2 Å². The molecule has 1 fully saturated rings. The summed E-state index contributed by atoms with van der Waals surface area (Å²) in [6, 6.07) is 5.85. The van der Waals surface area contributed by atoms with Gasteiger partial charge >= 0.3 is 0 Å². The van der Waals surface area contributed by atoms with Crippen LogP contribution in [0.25, 0.3) is 0 Å². The van der Waals surface area contributed by atoms with Crippen LogP contribution in [0.4, 0.5) is 5.69 Å². The van der Waals surface area contributed by atoms with E-state index in [-0.39, 0.29) is 30.0 Å². The van der Waals surface area contributed by atoms with Crippen molar-refractivity contribution in [1.29, 1.82) is 0 Å². The maximum atomic E-state index is 12.2. The Morgan fingerprint density at radius 1 is 1.36 bits per heavy atom. The van der Waals surface area contributed by atoms with Crippen molar-refractivity contribution in [3.05, 3.63) is 29.3 Å². The molecular weight excluding hydrogens is 300 g/mol. The highest BCUT2D eigenvalue weighted by Gasteiger charge is 2.32. The SMILES string of the molecule is CCN(CC(=O)Nc1ccc(C)cc1C)C1CCS(=O)(=O)C1. The number of anilines is 1. The average molecular weight is 324 g/mol. The third kappa shape index (κ3) is 4.30. The zero-order valence-corrected chi connectivity index (χ0v) is 14.2. The number of carbonyl (C=O) groups excluding carboxylic acids is 1. The van der Waals surface area contributed by atoms with Crippen LogP contribution in [-0.2, 0) is 14.6 Å². The molecule has 1 aliphatic rings. The third-order valence-corrected chi connectivity index (χ3v) is 5.88. The van der Waals surface area contributed by atoms with Crippen LogP contribution in [0.15, 0.2) is 18.2 Å². The standard InChI is InChI=1S/C16H24N2O3S/c1-4-18(14-7-8-22(20,21)11-14)10-16(19)17-15-6-5-12(2)9-13(15)3/h5-6,9,14H,4,7-8,10-11H2,1-3H3,(H,17,19). The molecule has 0 radical (unpaired) electrons. The molecule has 1 heterocycles. The van der Waals surface area contributed by atoms with Crippen LogP contribution in [0.5, 0.6) is 0 Å². The van der Waals surface area contributed by atoms with Gasteiger partial charge in [-0.3, -0.25) is 9.69 Å². The summed E-state index contributed by atoms with van der Waals surface area (Å²) in [6.45, 7) is 6.82. The topological polar surface area (TPSA) is 66.5 Å². The van der Waals surface area contributed by atoms with E-state index in [1.165, 1.54) is 0 Å². The summed E-state index contributed by atoms with van der Waals surface area (Å²) in [6.07, 6.45) is 0.618. The highest BCUT2D eigenvalue weighted by Crippen LogP contribution is 2.19. The van der Waals surface area contributed by atoms with Crippen LogP contribution < -0.4 is 5.32 Å². The molecule has 1 atom stereocenters. The molecule has 1 unspecified atom stereocenters. The molecule has 1 aromatic rings. The van der Waals surface area contributed by atoms with Crippen LogP contribution in [0.2, 0.25) is 0 Å². The average Bonchev–Trinajstić information content (AvgIpc) is 2.79. The summed E-state index contributed by atoms with van der Waals surface area (Å²) in [5, 5.41) is 2.92. The van der Waals surface area contributed by atoms with Gasteiger partial charge in [-0.25, -0.2) is 8.42 Å². The first-order chi connectivity index (χ1) is 10.3. The van der Waals surface area contributed by atoms with Crippen molar-refractivity contribution in [2.75, 3.05) is 29.9 Å². The fourth-order valence-electron chi connectivity index (χ4n) is 2.89. The Bertz CT molecular complexity index is 655. The second-order valence-corrected chi connectivity index (χ2v) is 8.22. The molecule has 122 valence electrons. The third-order valence-electron chi connectivity index (χ3n) is 4.13. The number of aryl methyl sites for hydroxylation is 2. The zero-order valence-electron chi connectivity index (χ0n) is 13.4. The van der Waals surface area contributed by atoms with Gasteiger partial charge in [0.15, 0.2) is 9.84 Å². The molecule has 22 heavy (non-hydrogen) atoms. The van der Waals surface area contributed by atoms with Crippen LogP contribution in [-0.4, -0.2) is 49.9 Å². The minimum atomic E-state index is -2.93. The van der Waals surface area contributed by atoms with Crippen LogP contribution in [0.3, 0.4) is 0 Å². The molecular formula is C16H24N2O3S. The van der Waals surface area contributed by atoms with Gasteiger partial charge in [-0.1, -0.05) is 24.6 Å². The highest BCUT2D eigenvalue weighted by molar-refractivity contribution is 7.91. The van der Waals surface area contributed by atoms with E-state index < -0.39 is 9.84 Å². The number of nitrogens with one attached hydrogen (secondary N) is 1. The Morgan fingerprint density at radius 3 is 2.64 bits per heavy atom. The molecule has 0 aromatic heterocycles. The molecule has 5 nitrogen and oxygen atoms in total. The van der Waals surface area contributed by atoms with Crippen molar-refractivity contribution in [3.8, 4) is 0 Å². The zero-order chi connectivity index (χ0) is 16.3. The quantitative estimate of drug-likeness (QED) is 0.896. The monoisotopic (exact) mass is 324 g/mol. The lowest BCUT2D eigenvalue weighted by Gasteiger charge is -2.25. The van der Waals surface area contributed by atoms with Gasteiger partial charge < -0.3 is 5.32 Å². The summed E-state index contributed by atoms with van der Waals surface area (Å²) >= 11 is 0. The van der Waals surface area contributed by atoms with Gasteiger partial charge in [-0.2, -0.15) is 0 Å². The highest BCUT2D eigenvalue weighted by atomic mass is 32.2. The molecule has 0 aliphatic carbocycles. The summed E-state index contributed by atoms with van der Waals surface area (Å²) in [4.78, 5) is 14.2. The first kappa shape index (κ1) is 17.0. The maximum Gasteiger partial charge on any atom is 0.238 e. The van der Waals surface area contributed by atoms with Gasteiger partial charge in [0, 0.05) is 11.7 Å². The number of carbonyl (C=O) groups is 1. The fourth-order valence-corrected chi connectivity index (χ4v) is 4.65. The van der Waals surface area contributed by atoms with Crippen molar-refractivity contribution >= 4 is 21.4 Å². The van der Waals surface area contributed by atoms with Gasteiger partial charge in [0.2, 0.25) is 5.91 Å². The Balaban J connectivity index is 1.98. The van der Waals surface area contributed by atoms with Gasteiger partial charge in [0.05, 0.1) is 18.1 Å². The summed E-state index contributed by atoms with van der Waals surface area (Å²) in [7, 11) is -2.93. The molecule has 0 spiro atoms. The number of sulfone groups is 1.